The van der Waals surface area contributed by atoms with E-state index in [1.807, 2.05) is 48.5 Å². The van der Waals surface area contributed by atoms with Crippen LogP contribution in [0.5, 0.6) is 0 Å². The second-order valence-electron chi connectivity index (χ2n) is 8.22. The van der Waals surface area contributed by atoms with Crippen molar-refractivity contribution >= 4 is 28.5 Å². The number of esters is 1. The van der Waals surface area contributed by atoms with E-state index in [0.717, 1.165) is 59.1 Å². The topological polar surface area (TPSA) is 68.3 Å². The van der Waals surface area contributed by atoms with Gasteiger partial charge >= 0.3 is 5.97 Å². The third-order valence-corrected chi connectivity index (χ3v) is 6.14. The summed E-state index contributed by atoms with van der Waals surface area (Å²) in [6, 6.07) is 15.4. The molecule has 2 aromatic carbocycles. The number of nitrogens with zero attached hydrogens (tertiary/aromatic N) is 1. The molecule has 0 aliphatic heterocycles. The summed E-state index contributed by atoms with van der Waals surface area (Å²) in [6.07, 6.45) is 2.70. The molecular formula is C26H28N2O3. The van der Waals surface area contributed by atoms with Crippen molar-refractivity contribution in [3.05, 3.63) is 70.9 Å². The van der Waals surface area contributed by atoms with E-state index in [-0.39, 0.29) is 5.91 Å². The monoisotopic (exact) mass is 416 g/mol. The molecule has 31 heavy (non-hydrogen) atoms. The van der Waals surface area contributed by atoms with E-state index in [0.29, 0.717) is 11.5 Å². The molecule has 1 aliphatic rings. The number of para-hydroxylation sites is 2. The molecule has 1 heterocycles. The fourth-order valence-corrected chi connectivity index (χ4v) is 4.21. The first kappa shape index (κ1) is 21.0. The molecule has 5 nitrogen and oxygen atoms in total. The van der Waals surface area contributed by atoms with Crippen LogP contribution in [0.1, 0.15) is 66.7 Å². The van der Waals surface area contributed by atoms with Crippen LogP contribution in [0.15, 0.2) is 48.5 Å². The number of aromatic nitrogens is 1. The Labute approximate surface area is 182 Å². The maximum atomic E-state index is 13.2. The number of amides is 1. The summed E-state index contributed by atoms with van der Waals surface area (Å²) in [6.45, 7) is 5.86. The molecule has 0 radical (unpaired) electrons. The van der Waals surface area contributed by atoms with Crippen LogP contribution in [0.4, 0.5) is 5.69 Å². The number of hydrogen-bond donors (Lipinski definition) is 1. The largest absolute Gasteiger partial charge is 0.449 e. The van der Waals surface area contributed by atoms with Gasteiger partial charge in [0.05, 0.1) is 11.1 Å². The smallest absolute Gasteiger partial charge is 0.339 e. The van der Waals surface area contributed by atoms with Gasteiger partial charge in [-0.1, -0.05) is 50.2 Å². The quantitative estimate of drug-likeness (QED) is 0.545. The minimum absolute atomic E-state index is 0.320. The van der Waals surface area contributed by atoms with Crippen molar-refractivity contribution in [1.82, 2.24) is 4.98 Å². The van der Waals surface area contributed by atoms with Gasteiger partial charge in [0.1, 0.15) is 0 Å². The predicted octanol–water partition coefficient (Wildman–Crippen LogP) is 5.42. The second-order valence-corrected chi connectivity index (χ2v) is 8.22. The van der Waals surface area contributed by atoms with E-state index in [1.54, 1.807) is 6.92 Å². The first-order valence-electron chi connectivity index (χ1n) is 11.0. The second kappa shape index (κ2) is 8.88. The van der Waals surface area contributed by atoms with Gasteiger partial charge in [-0.3, -0.25) is 9.78 Å². The summed E-state index contributed by atoms with van der Waals surface area (Å²) < 4.78 is 5.65. The van der Waals surface area contributed by atoms with Crippen LogP contribution in [-0.2, 0) is 22.4 Å². The number of benzene rings is 2. The Kier molecular flexibility index (Phi) is 6.03. The Morgan fingerprint density at radius 1 is 1.06 bits per heavy atom. The van der Waals surface area contributed by atoms with E-state index in [4.69, 9.17) is 9.72 Å². The van der Waals surface area contributed by atoms with Crippen molar-refractivity contribution in [3.63, 3.8) is 0 Å². The maximum Gasteiger partial charge on any atom is 0.339 e. The van der Waals surface area contributed by atoms with E-state index >= 15 is 0 Å². The van der Waals surface area contributed by atoms with Crippen molar-refractivity contribution in [1.29, 1.82) is 0 Å². The minimum atomic E-state index is -0.915. The van der Waals surface area contributed by atoms with Gasteiger partial charge in [0.25, 0.3) is 5.91 Å². The van der Waals surface area contributed by atoms with Crippen LogP contribution in [0, 0.1) is 0 Å². The zero-order chi connectivity index (χ0) is 22.0. The highest BCUT2D eigenvalue weighted by atomic mass is 16.5. The average molecular weight is 417 g/mol. The highest BCUT2D eigenvalue weighted by molar-refractivity contribution is 6.06. The zero-order valence-corrected chi connectivity index (χ0v) is 18.3. The molecular weight excluding hydrogens is 388 g/mol. The van der Waals surface area contributed by atoms with Gasteiger partial charge < -0.3 is 10.1 Å². The third kappa shape index (κ3) is 4.18. The number of nitrogens with one attached hydrogen (secondary N) is 1. The van der Waals surface area contributed by atoms with Crippen LogP contribution in [0.25, 0.3) is 10.9 Å². The Bertz CT molecular complexity index is 1140. The van der Waals surface area contributed by atoms with Gasteiger partial charge in [-0.25, -0.2) is 4.79 Å². The van der Waals surface area contributed by atoms with Gasteiger partial charge in [-0.2, -0.15) is 0 Å². The number of carbonyl (C=O) groups excluding carboxylic acids is 2. The summed E-state index contributed by atoms with van der Waals surface area (Å²) in [5, 5.41) is 3.72. The maximum absolute atomic E-state index is 13.2. The van der Waals surface area contributed by atoms with E-state index < -0.39 is 12.1 Å². The van der Waals surface area contributed by atoms with E-state index in [9.17, 15) is 9.59 Å². The molecule has 1 aromatic heterocycles. The summed E-state index contributed by atoms with van der Waals surface area (Å²) in [5.41, 5.74) is 5.10. The lowest BCUT2D eigenvalue weighted by Crippen LogP contribution is -2.30. The van der Waals surface area contributed by atoms with Crippen molar-refractivity contribution in [2.75, 3.05) is 5.32 Å². The number of pyridine rings is 1. The molecule has 0 fully saturated rings. The van der Waals surface area contributed by atoms with Gasteiger partial charge in [-0.15, -0.1) is 0 Å². The number of hydrogen-bond acceptors (Lipinski definition) is 4. The normalized spacial score (nSPS) is 14.7. The molecule has 0 bridgehead atoms. The number of anilines is 1. The summed E-state index contributed by atoms with van der Waals surface area (Å²) in [4.78, 5) is 30.7. The van der Waals surface area contributed by atoms with Crippen LogP contribution in [0.3, 0.4) is 0 Å². The number of aryl methyl sites for hydroxylation is 1. The summed E-state index contributed by atoms with van der Waals surface area (Å²) in [5.74, 6) is -0.478. The van der Waals surface area contributed by atoms with Crippen molar-refractivity contribution in [2.45, 2.75) is 58.5 Å². The first-order chi connectivity index (χ1) is 15.0. The Hall–Kier alpha value is -3.21. The van der Waals surface area contributed by atoms with Crippen LogP contribution in [-0.4, -0.2) is 23.0 Å². The van der Waals surface area contributed by atoms with Crippen molar-refractivity contribution in [2.24, 2.45) is 0 Å². The van der Waals surface area contributed by atoms with Gasteiger partial charge in [0.15, 0.2) is 6.10 Å². The highest BCUT2D eigenvalue weighted by Gasteiger charge is 2.27. The lowest BCUT2D eigenvalue weighted by Gasteiger charge is -2.19. The Morgan fingerprint density at radius 2 is 1.81 bits per heavy atom. The molecule has 0 saturated carbocycles. The van der Waals surface area contributed by atoms with Gasteiger partial charge in [0, 0.05) is 16.8 Å². The lowest BCUT2D eigenvalue weighted by molar-refractivity contribution is -0.123. The van der Waals surface area contributed by atoms with Crippen LogP contribution in [0.2, 0.25) is 0 Å². The molecule has 1 N–H and O–H groups in total. The predicted molar refractivity (Wildman–Crippen MR) is 122 cm³/mol. The Morgan fingerprint density at radius 3 is 2.61 bits per heavy atom. The molecule has 0 saturated heterocycles. The molecule has 0 spiro atoms. The molecule has 1 amide bonds. The number of fused-ring (bicyclic) bond motifs is 2. The van der Waals surface area contributed by atoms with Crippen molar-refractivity contribution in [3.8, 4) is 0 Å². The average Bonchev–Trinajstić information content (AvgIpc) is 3.25. The van der Waals surface area contributed by atoms with Gasteiger partial charge in [0.2, 0.25) is 0 Å². The van der Waals surface area contributed by atoms with Crippen LogP contribution < -0.4 is 5.32 Å². The number of carbonyl (C=O) groups is 2. The number of ether oxygens (including phenoxy) is 1. The standard InChI is InChI=1S/C26H28N2O3/c1-4-16(2)18-10-5-7-13-21(18)28-25(29)17(3)31-26(30)24-19-11-6-8-14-22(19)27-23-15-9-12-20(23)24/h5-8,10-11,13-14,16-17H,4,9,12,15H2,1-3H3,(H,28,29)/t16-,17+/m0/s1. The highest BCUT2D eigenvalue weighted by Crippen LogP contribution is 2.31. The Balaban J connectivity index is 1.56. The molecule has 5 heteroatoms. The first-order valence-corrected chi connectivity index (χ1v) is 11.0. The fourth-order valence-electron chi connectivity index (χ4n) is 4.21. The fraction of sp³-hybridized carbons (Fsp3) is 0.346. The molecule has 1 aliphatic carbocycles. The third-order valence-electron chi connectivity index (χ3n) is 6.14. The lowest BCUT2D eigenvalue weighted by atomic mass is 9.97. The molecule has 3 aromatic rings. The molecule has 160 valence electrons. The van der Waals surface area contributed by atoms with E-state index in [1.165, 1.54) is 0 Å². The minimum Gasteiger partial charge on any atom is -0.449 e. The SMILES string of the molecule is CC[C@H](C)c1ccccc1NC(=O)[C@@H](C)OC(=O)c1c2c(nc3ccccc13)CCC2. The molecule has 2 atom stereocenters. The van der Waals surface area contributed by atoms with Crippen LogP contribution >= 0.6 is 0 Å². The summed E-state index contributed by atoms with van der Waals surface area (Å²) >= 11 is 0. The zero-order valence-electron chi connectivity index (χ0n) is 18.3. The molecule has 4 rings (SSSR count). The number of rotatable bonds is 6. The van der Waals surface area contributed by atoms with Gasteiger partial charge in [-0.05, 0) is 61.8 Å². The van der Waals surface area contributed by atoms with E-state index in [2.05, 4.69) is 19.2 Å². The summed E-state index contributed by atoms with van der Waals surface area (Å²) in [7, 11) is 0. The molecule has 0 unspecified atom stereocenters. The van der Waals surface area contributed by atoms with Crippen molar-refractivity contribution < 1.29 is 14.3 Å².